The highest BCUT2D eigenvalue weighted by molar-refractivity contribution is 7.93. The summed E-state index contributed by atoms with van der Waals surface area (Å²) in [4.78, 5) is 10.4. The molecule has 0 saturated heterocycles. The lowest BCUT2D eigenvalue weighted by molar-refractivity contribution is 0.553. The van der Waals surface area contributed by atoms with E-state index in [1.807, 2.05) is 6.08 Å². The van der Waals surface area contributed by atoms with Crippen LogP contribution in [0.2, 0.25) is 0 Å². The SMILES string of the molecule is Cc1ccccc1S(=O)(=O)Nc1ccc(-c2nc3c(=Cc4c(C(C)(C)C)[nH]n5nc(-c6ccc(NS(=O)(=O)c7ccccc7C)cc6)nc45)c(C(C)(C)C)nn3n2)cc1. The van der Waals surface area contributed by atoms with Gasteiger partial charge >= 0.3 is 0 Å². The minimum atomic E-state index is -3.78. The Hall–Kier alpha value is -6.39. The molecule has 59 heavy (non-hydrogen) atoms. The number of aryl methyl sites for hydroxylation is 2. The Morgan fingerprint density at radius 1 is 0.593 bits per heavy atom. The van der Waals surface area contributed by atoms with Gasteiger partial charge in [0.25, 0.3) is 20.0 Å². The van der Waals surface area contributed by atoms with Crippen molar-refractivity contribution in [1.29, 1.82) is 0 Å². The van der Waals surface area contributed by atoms with Crippen molar-refractivity contribution < 1.29 is 16.8 Å². The number of fused-ring (bicyclic) bond motifs is 2. The minimum Gasteiger partial charge on any atom is -0.280 e. The average molecular weight is 829 g/mol. The molecule has 8 rings (SSSR count). The van der Waals surface area contributed by atoms with Crippen molar-refractivity contribution >= 4 is 48.8 Å². The molecule has 4 aromatic heterocycles. The van der Waals surface area contributed by atoms with Crippen LogP contribution >= 0.6 is 0 Å². The minimum absolute atomic E-state index is 0.218. The van der Waals surface area contributed by atoms with Crippen molar-refractivity contribution in [2.24, 2.45) is 0 Å². The largest absolute Gasteiger partial charge is 0.280 e. The number of benzene rings is 4. The number of anilines is 2. The maximum atomic E-state index is 13.1. The first kappa shape index (κ1) is 39.4. The summed E-state index contributed by atoms with van der Waals surface area (Å²) in [5, 5.41) is 18.7. The summed E-state index contributed by atoms with van der Waals surface area (Å²) in [6.07, 6.45) is 2.04. The zero-order valence-electron chi connectivity index (χ0n) is 33.9. The second-order valence-electron chi connectivity index (χ2n) is 16.6. The van der Waals surface area contributed by atoms with Crippen LogP contribution in [0.4, 0.5) is 11.4 Å². The molecule has 0 bridgehead atoms. The highest BCUT2D eigenvalue weighted by Gasteiger charge is 2.28. The van der Waals surface area contributed by atoms with Gasteiger partial charge in [-0.15, -0.1) is 14.8 Å². The van der Waals surface area contributed by atoms with Gasteiger partial charge in [-0.05, 0) is 91.7 Å². The van der Waals surface area contributed by atoms with Crippen LogP contribution in [-0.4, -0.2) is 56.5 Å². The topological polar surface area (TPSA) is 181 Å². The molecule has 3 N–H and O–H groups in total. The Morgan fingerprint density at radius 2 is 1.07 bits per heavy atom. The summed E-state index contributed by atoms with van der Waals surface area (Å²) < 4.78 is 60.9. The van der Waals surface area contributed by atoms with Crippen molar-refractivity contribution in [2.45, 2.75) is 76.0 Å². The molecule has 0 aliphatic carbocycles. The van der Waals surface area contributed by atoms with Crippen LogP contribution in [-0.2, 0) is 30.9 Å². The van der Waals surface area contributed by atoms with Crippen molar-refractivity contribution in [3.63, 3.8) is 0 Å². The van der Waals surface area contributed by atoms with E-state index < -0.39 is 20.0 Å². The molecule has 8 aromatic rings. The number of sulfonamides is 2. The molecule has 0 unspecified atom stereocenters. The van der Waals surface area contributed by atoms with Gasteiger partial charge in [-0.1, -0.05) is 77.9 Å². The summed E-state index contributed by atoms with van der Waals surface area (Å²) in [6, 6.07) is 27.5. The van der Waals surface area contributed by atoms with Crippen molar-refractivity contribution in [3.8, 4) is 22.8 Å². The van der Waals surface area contributed by atoms with Crippen molar-refractivity contribution in [1.82, 2.24) is 39.6 Å². The van der Waals surface area contributed by atoms with Gasteiger partial charge in [-0.25, -0.2) is 26.8 Å². The lowest BCUT2D eigenvalue weighted by Crippen LogP contribution is -2.22. The summed E-state index contributed by atoms with van der Waals surface area (Å²) in [5.74, 6) is 0.886. The normalized spacial score (nSPS) is 13.1. The average Bonchev–Trinajstić information content (AvgIpc) is 3.93. The summed E-state index contributed by atoms with van der Waals surface area (Å²) in [6.45, 7) is 16.1. The predicted octanol–water partition coefficient (Wildman–Crippen LogP) is 7.19. The predicted molar refractivity (Wildman–Crippen MR) is 229 cm³/mol. The number of hydrogen-bond donors (Lipinski definition) is 3. The lowest BCUT2D eigenvalue weighted by atomic mass is 9.88. The van der Waals surface area contributed by atoms with E-state index >= 15 is 0 Å². The molecule has 14 nitrogen and oxygen atoms in total. The van der Waals surface area contributed by atoms with E-state index in [9.17, 15) is 16.8 Å². The third kappa shape index (κ3) is 7.56. The standard InChI is InChI=1S/C43H44N10O4S2/c1-26-13-9-11-15-34(26)58(54,55)50-30-21-17-28(18-22-30)38-44-40-32(36(42(3,4)5)46-52(40)48-38)25-33-37(43(6,7)8)47-53-41(33)45-39(49-53)29-19-23-31(24-20-29)51-59(56,57)35-16-12-10-14-27(35)2/h9-25,46,50-51H,1-8H3. The van der Waals surface area contributed by atoms with Gasteiger partial charge in [0.15, 0.2) is 22.9 Å². The quantitative estimate of drug-likeness (QED) is 0.136. The zero-order valence-corrected chi connectivity index (χ0v) is 35.5. The molecule has 0 spiro atoms. The van der Waals surface area contributed by atoms with Crippen LogP contribution in [0.1, 0.15) is 69.6 Å². The smallest absolute Gasteiger partial charge is 0.262 e. The maximum absolute atomic E-state index is 13.1. The molecule has 16 heteroatoms. The maximum Gasteiger partial charge on any atom is 0.262 e. The van der Waals surface area contributed by atoms with Crippen LogP contribution < -0.4 is 14.7 Å². The first-order valence-corrected chi connectivity index (χ1v) is 21.9. The van der Waals surface area contributed by atoms with Crippen molar-refractivity contribution in [2.75, 3.05) is 9.44 Å². The van der Waals surface area contributed by atoms with Gasteiger partial charge in [0, 0.05) is 44.1 Å². The van der Waals surface area contributed by atoms with E-state index in [-0.39, 0.29) is 20.6 Å². The Bertz CT molecular complexity index is 3170. The van der Waals surface area contributed by atoms with Gasteiger partial charge in [0.2, 0.25) is 0 Å². The molecule has 0 radical (unpaired) electrons. The summed E-state index contributed by atoms with van der Waals surface area (Å²) >= 11 is 0. The third-order valence-corrected chi connectivity index (χ3v) is 13.0. The number of aromatic amines is 1. The van der Waals surface area contributed by atoms with E-state index in [2.05, 4.69) is 56.1 Å². The molecule has 4 aromatic carbocycles. The molecule has 0 amide bonds. The van der Waals surface area contributed by atoms with Gasteiger partial charge in [0.1, 0.15) is 0 Å². The monoisotopic (exact) mass is 828 g/mol. The lowest BCUT2D eigenvalue weighted by Gasteiger charge is -2.18. The summed E-state index contributed by atoms with van der Waals surface area (Å²) in [7, 11) is -7.56. The number of nitrogens with one attached hydrogen (secondary N) is 3. The Kier molecular flexibility index (Phi) is 9.47. The second-order valence-corrected chi connectivity index (χ2v) is 19.9. The highest BCUT2D eigenvalue weighted by atomic mass is 32.2. The van der Waals surface area contributed by atoms with Gasteiger partial charge in [-0.2, -0.15) is 9.73 Å². The molecule has 0 fully saturated rings. The Morgan fingerprint density at radius 3 is 1.54 bits per heavy atom. The van der Waals surface area contributed by atoms with Crippen LogP contribution in [0.15, 0.2) is 107 Å². The number of hydrogen-bond acceptors (Lipinski definition) is 9. The number of nitrogens with zero attached hydrogens (tertiary/aromatic N) is 7. The van der Waals surface area contributed by atoms with Gasteiger partial charge < -0.3 is 0 Å². The molecule has 4 heterocycles. The zero-order chi connectivity index (χ0) is 42.1. The molecular weight excluding hydrogens is 785 g/mol. The van der Waals surface area contributed by atoms with Gasteiger partial charge in [-0.3, -0.25) is 14.5 Å². The molecule has 0 saturated carbocycles. The molecule has 0 atom stereocenters. The van der Waals surface area contributed by atoms with E-state index in [4.69, 9.17) is 25.3 Å². The summed E-state index contributed by atoms with van der Waals surface area (Å²) in [5.41, 5.74) is 6.48. The Balaban J connectivity index is 1.15. The fourth-order valence-electron chi connectivity index (χ4n) is 6.93. The fraction of sp³-hybridized carbons (Fsp3) is 0.233. The number of rotatable bonds is 9. The Labute approximate surface area is 342 Å². The van der Waals surface area contributed by atoms with E-state index in [0.29, 0.717) is 56.6 Å². The van der Waals surface area contributed by atoms with Crippen LogP contribution in [0.25, 0.3) is 40.1 Å². The first-order chi connectivity index (χ1) is 27.8. The fourth-order valence-corrected chi connectivity index (χ4v) is 9.55. The third-order valence-electron chi connectivity index (χ3n) is 9.92. The van der Waals surface area contributed by atoms with E-state index in [0.717, 1.165) is 22.2 Å². The number of H-pyrrole nitrogens is 1. The van der Waals surface area contributed by atoms with Crippen LogP contribution in [0, 0.1) is 13.8 Å². The molecule has 0 aliphatic heterocycles. The molecule has 302 valence electrons. The highest BCUT2D eigenvalue weighted by Crippen LogP contribution is 2.31. The van der Waals surface area contributed by atoms with Crippen LogP contribution in [0.5, 0.6) is 0 Å². The number of aromatic nitrogens is 8. The first-order valence-electron chi connectivity index (χ1n) is 18.9. The second kappa shape index (κ2) is 14.2. The van der Waals surface area contributed by atoms with E-state index in [1.165, 1.54) is 0 Å². The van der Waals surface area contributed by atoms with E-state index in [1.54, 1.807) is 120 Å². The van der Waals surface area contributed by atoms with Crippen molar-refractivity contribution in [3.05, 3.63) is 130 Å². The van der Waals surface area contributed by atoms with Gasteiger partial charge in [0.05, 0.1) is 21.2 Å². The van der Waals surface area contributed by atoms with Crippen LogP contribution in [0.3, 0.4) is 0 Å². The molecule has 0 aliphatic rings. The molecular formula is C43H44N10O4S2.